The Kier molecular flexibility index (Phi) is 20.6. The summed E-state index contributed by atoms with van der Waals surface area (Å²) < 4.78 is 0.782. The van der Waals surface area contributed by atoms with E-state index in [9.17, 15) is 54.0 Å². The maximum atomic E-state index is 12.6. The zero-order valence-electron chi connectivity index (χ0n) is 31.9. The summed E-state index contributed by atoms with van der Waals surface area (Å²) in [5.74, 6) is -1.95. The summed E-state index contributed by atoms with van der Waals surface area (Å²) in [4.78, 5) is 96.6. The SMILES string of the molecule is CN(O)/C(C=O)=C\C=C/C=O.CNCCN(CCNC(=O)c1cccc(=O)n1O)CCN(CCNC(=O)c1cccc(=O)n1O)CCNC(=O)c1cccc(=O)n1O. The molecule has 22 nitrogen and oxygen atoms in total. The summed E-state index contributed by atoms with van der Waals surface area (Å²) in [7, 11) is 3.11. The molecular weight excluding hydrogens is 764 g/mol. The molecule has 8 N–H and O–H groups in total. The van der Waals surface area contributed by atoms with Crippen LogP contribution in [-0.4, -0.2) is 160 Å². The number of allylic oxidation sites excluding steroid dienone is 4. The van der Waals surface area contributed by atoms with Crippen molar-refractivity contribution in [1.29, 1.82) is 0 Å². The number of amides is 3. The minimum absolute atomic E-state index is 0.0862. The fourth-order valence-corrected chi connectivity index (χ4v) is 4.86. The molecule has 58 heavy (non-hydrogen) atoms. The highest BCUT2D eigenvalue weighted by Gasteiger charge is 2.16. The fraction of sp³-hybridized carbons (Fsp3) is 0.333. The van der Waals surface area contributed by atoms with E-state index in [0.717, 1.165) is 18.2 Å². The maximum Gasteiger partial charge on any atom is 0.283 e. The molecule has 0 bridgehead atoms. The van der Waals surface area contributed by atoms with Crippen molar-refractivity contribution in [1.82, 2.24) is 50.3 Å². The van der Waals surface area contributed by atoms with Gasteiger partial charge in [-0.15, -0.1) is 14.2 Å². The molecule has 0 aromatic carbocycles. The quantitative estimate of drug-likeness (QED) is 0.0170. The van der Waals surface area contributed by atoms with Crippen molar-refractivity contribution in [3.63, 3.8) is 0 Å². The highest BCUT2D eigenvalue weighted by atomic mass is 16.5. The standard InChI is InChI=1S/C29H39N9O9.C7H9NO3/c1-30-11-15-34(16-12-31-27(42)21-5-2-8-24(39)36(21)45)19-20-35(17-13-32-28(43)22-6-3-9-25(40)37(22)46)18-14-33-29(44)23-7-4-10-26(41)38(23)47;1-8(11)7(6-10)4-2-3-5-9/h2-10,30,45-47H,11-20H2,1H3,(H,31,42)(H,32,43)(H,33,44);2-6,11H,1H3/b;3-2-,7-4-. The minimum atomic E-state index is -0.755. The van der Waals surface area contributed by atoms with Gasteiger partial charge in [0.2, 0.25) is 0 Å². The molecular formula is C36H48N10O12. The molecule has 3 rings (SSSR count). The summed E-state index contributed by atoms with van der Waals surface area (Å²) in [6.07, 6.45) is 4.96. The maximum absolute atomic E-state index is 12.6. The third kappa shape index (κ3) is 15.7. The number of hydroxylamine groups is 2. The molecule has 22 heteroatoms. The normalized spacial score (nSPS) is 11.2. The van der Waals surface area contributed by atoms with Crippen molar-refractivity contribution in [2.24, 2.45) is 0 Å². The lowest BCUT2D eigenvalue weighted by molar-refractivity contribution is -0.111. The average Bonchev–Trinajstić information content (AvgIpc) is 3.20. The predicted octanol–water partition coefficient (Wildman–Crippen LogP) is -2.56. The smallest absolute Gasteiger partial charge is 0.283 e. The summed E-state index contributed by atoms with van der Waals surface area (Å²) >= 11 is 0. The van der Waals surface area contributed by atoms with Crippen LogP contribution in [0.4, 0.5) is 0 Å². The molecule has 0 aliphatic rings. The summed E-state index contributed by atoms with van der Waals surface area (Å²) in [5.41, 5.74) is -2.82. The Balaban J connectivity index is 0.000000918. The van der Waals surface area contributed by atoms with Gasteiger partial charge in [0.25, 0.3) is 34.4 Å². The Morgan fingerprint density at radius 3 is 1.28 bits per heavy atom. The van der Waals surface area contributed by atoms with Crippen molar-refractivity contribution in [3.05, 3.63) is 127 Å². The lowest BCUT2D eigenvalue weighted by atomic mass is 10.3. The number of nitrogens with zero attached hydrogens (tertiary/aromatic N) is 6. The number of aldehydes is 2. The van der Waals surface area contributed by atoms with Crippen LogP contribution in [0.5, 0.6) is 0 Å². The molecule has 0 unspecified atom stereocenters. The summed E-state index contributed by atoms with van der Waals surface area (Å²) in [6, 6.07) is 11.3. The molecule has 0 radical (unpaired) electrons. The van der Waals surface area contributed by atoms with Gasteiger partial charge in [-0.3, -0.25) is 58.4 Å². The van der Waals surface area contributed by atoms with Gasteiger partial charge in [0, 0.05) is 90.7 Å². The van der Waals surface area contributed by atoms with E-state index in [2.05, 4.69) is 26.2 Å². The Labute approximate surface area is 331 Å². The van der Waals surface area contributed by atoms with Gasteiger partial charge in [-0.2, -0.15) is 0 Å². The van der Waals surface area contributed by atoms with Crippen LogP contribution in [0.25, 0.3) is 0 Å². The van der Waals surface area contributed by atoms with E-state index in [1.165, 1.54) is 61.7 Å². The van der Waals surface area contributed by atoms with Gasteiger partial charge >= 0.3 is 0 Å². The second-order valence-electron chi connectivity index (χ2n) is 12.0. The first-order chi connectivity index (χ1) is 27.7. The number of hydrogen-bond donors (Lipinski definition) is 8. The van der Waals surface area contributed by atoms with Crippen LogP contribution >= 0.6 is 0 Å². The van der Waals surface area contributed by atoms with Gasteiger partial charge in [-0.05, 0) is 37.4 Å². The highest BCUT2D eigenvalue weighted by molar-refractivity contribution is 5.93. The van der Waals surface area contributed by atoms with Gasteiger partial charge in [0.05, 0.1) is 0 Å². The zero-order valence-corrected chi connectivity index (χ0v) is 31.9. The van der Waals surface area contributed by atoms with Crippen molar-refractivity contribution < 1.29 is 44.8 Å². The van der Waals surface area contributed by atoms with Crippen molar-refractivity contribution in [2.75, 3.05) is 79.5 Å². The minimum Gasteiger partial charge on any atom is -0.425 e. The van der Waals surface area contributed by atoms with Gasteiger partial charge in [-0.25, -0.2) is 0 Å². The molecule has 3 aromatic rings. The third-order valence-corrected chi connectivity index (χ3v) is 7.99. The van der Waals surface area contributed by atoms with E-state index in [-0.39, 0.29) is 56.6 Å². The Hall–Kier alpha value is -6.88. The van der Waals surface area contributed by atoms with Gasteiger partial charge in [-0.1, -0.05) is 24.3 Å². The van der Waals surface area contributed by atoms with E-state index in [0.29, 0.717) is 63.4 Å². The van der Waals surface area contributed by atoms with Gasteiger partial charge in [0.15, 0.2) is 6.29 Å². The van der Waals surface area contributed by atoms with Gasteiger partial charge < -0.3 is 36.9 Å². The Morgan fingerprint density at radius 2 is 0.966 bits per heavy atom. The molecule has 0 fully saturated rings. The molecule has 0 spiro atoms. The molecule has 3 heterocycles. The zero-order chi connectivity index (χ0) is 43.0. The van der Waals surface area contributed by atoms with E-state index in [4.69, 9.17) is 5.21 Å². The van der Waals surface area contributed by atoms with E-state index < -0.39 is 34.4 Å². The number of pyridine rings is 3. The highest BCUT2D eigenvalue weighted by Crippen LogP contribution is 1.99. The number of aromatic nitrogens is 3. The molecule has 0 aliphatic heterocycles. The van der Waals surface area contributed by atoms with E-state index >= 15 is 0 Å². The molecule has 3 amide bonds. The largest absolute Gasteiger partial charge is 0.425 e. The Bertz CT molecular complexity index is 2000. The molecule has 0 saturated carbocycles. The predicted molar refractivity (Wildman–Crippen MR) is 206 cm³/mol. The van der Waals surface area contributed by atoms with E-state index in [1.54, 1.807) is 7.05 Å². The second kappa shape index (κ2) is 25.3. The number of rotatable bonds is 22. The first-order valence-electron chi connectivity index (χ1n) is 17.6. The first kappa shape index (κ1) is 47.3. The molecule has 0 aliphatic carbocycles. The topological polar surface area (TPSA) is 290 Å². The average molecular weight is 813 g/mol. The van der Waals surface area contributed by atoms with Crippen molar-refractivity contribution >= 4 is 30.3 Å². The lowest BCUT2D eigenvalue weighted by Crippen LogP contribution is -2.45. The molecule has 314 valence electrons. The third-order valence-electron chi connectivity index (χ3n) is 7.99. The van der Waals surface area contributed by atoms with E-state index in [1.807, 2.05) is 4.90 Å². The molecule has 0 saturated heterocycles. The number of hydrogen-bond acceptors (Lipinski definition) is 16. The number of nitrogens with one attached hydrogen (secondary N) is 4. The fourth-order valence-electron chi connectivity index (χ4n) is 4.86. The van der Waals surface area contributed by atoms with Crippen LogP contribution < -0.4 is 37.9 Å². The summed E-state index contributed by atoms with van der Waals surface area (Å²) in [6.45, 7) is 3.66. The first-order valence-corrected chi connectivity index (χ1v) is 17.6. The number of carbonyl (C=O) groups excluding carboxylic acids is 5. The Morgan fingerprint density at radius 1 is 0.603 bits per heavy atom. The van der Waals surface area contributed by atoms with Crippen LogP contribution in [0.1, 0.15) is 31.5 Å². The van der Waals surface area contributed by atoms with Crippen LogP contribution in [0.15, 0.2) is 92.9 Å². The van der Waals surface area contributed by atoms with Crippen molar-refractivity contribution in [2.45, 2.75) is 0 Å². The number of carbonyl (C=O) groups is 5. The lowest BCUT2D eigenvalue weighted by Gasteiger charge is -2.28. The molecule has 0 atom stereocenters. The monoisotopic (exact) mass is 812 g/mol. The van der Waals surface area contributed by atoms with Crippen LogP contribution in [-0.2, 0) is 9.59 Å². The number of likely N-dealkylation sites (N-methyl/N-ethyl adjacent to an activating group) is 2. The van der Waals surface area contributed by atoms with Crippen LogP contribution in [0.2, 0.25) is 0 Å². The van der Waals surface area contributed by atoms with Crippen LogP contribution in [0.3, 0.4) is 0 Å². The summed E-state index contributed by atoms with van der Waals surface area (Å²) in [5, 5.41) is 50.0. The van der Waals surface area contributed by atoms with Crippen molar-refractivity contribution in [3.8, 4) is 0 Å². The van der Waals surface area contributed by atoms with Crippen LogP contribution in [0, 0.1) is 0 Å². The second-order valence-corrected chi connectivity index (χ2v) is 12.0. The van der Waals surface area contributed by atoms with Gasteiger partial charge in [0.1, 0.15) is 29.1 Å². The molecule has 3 aromatic heterocycles.